The van der Waals surface area contributed by atoms with Crippen molar-refractivity contribution in [1.82, 2.24) is 4.90 Å². The molecule has 1 unspecified atom stereocenters. The van der Waals surface area contributed by atoms with Crippen LogP contribution in [0.15, 0.2) is 18.2 Å². The Morgan fingerprint density at radius 1 is 1.29 bits per heavy atom. The number of hydrogen-bond donors (Lipinski definition) is 3. The van der Waals surface area contributed by atoms with E-state index in [-0.39, 0.29) is 19.8 Å². The maximum absolute atomic E-state index is 12.1. The summed E-state index contributed by atoms with van der Waals surface area (Å²) < 4.78 is 10.4. The van der Waals surface area contributed by atoms with Crippen molar-refractivity contribution < 1.29 is 29.3 Å². The standard InChI is InChI=1S/C13H14N2O6/c16-8-4-9(12(17)18)15(5-8)13(19)14-7-1-2-10-11(3-7)21-6-20-10/h1-3,8-9,16H,4-6H2,(H,14,19)(H,17,18)/t8?,9-/m0/s1. The van der Waals surface area contributed by atoms with E-state index in [0.717, 1.165) is 4.90 Å². The summed E-state index contributed by atoms with van der Waals surface area (Å²) >= 11 is 0. The van der Waals surface area contributed by atoms with Gasteiger partial charge in [-0.15, -0.1) is 0 Å². The summed E-state index contributed by atoms with van der Waals surface area (Å²) in [6.07, 6.45) is -0.794. The van der Waals surface area contributed by atoms with E-state index in [2.05, 4.69) is 5.32 Å². The molecule has 1 aromatic carbocycles. The van der Waals surface area contributed by atoms with Crippen LogP contribution in [0.1, 0.15) is 6.42 Å². The molecule has 2 aliphatic rings. The molecule has 0 aromatic heterocycles. The van der Waals surface area contributed by atoms with Crippen LogP contribution in [0.5, 0.6) is 11.5 Å². The second-order valence-electron chi connectivity index (χ2n) is 4.89. The molecule has 2 heterocycles. The lowest BCUT2D eigenvalue weighted by atomic mass is 10.2. The largest absolute Gasteiger partial charge is 0.480 e. The number of aliphatic hydroxyl groups excluding tert-OH is 1. The number of hydrogen-bond acceptors (Lipinski definition) is 5. The van der Waals surface area contributed by atoms with Gasteiger partial charge < -0.3 is 29.9 Å². The summed E-state index contributed by atoms with van der Waals surface area (Å²) in [5.41, 5.74) is 0.467. The summed E-state index contributed by atoms with van der Waals surface area (Å²) in [7, 11) is 0. The zero-order valence-corrected chi connectivity index (χ0v) is 11.0. The number of carboxylic acid groups (broad SMARTS) is 1. The van der Waals surface area contributed by atoms with E-state index >= 15 is 0 Å². The van der Waals surface area contributed by atoms with Crippen LogP contribution in [0.4, 0.5) is 10.5 Å². The number of likely N-dealkylation sites (tertiary alicyclic amines) is 1. The third-order valence-electron chi connectivity index (χ3n) is 3.45. The average molecular weight is 294 g/mol. The number of β-amino-alcohol motifs (C(OH)–C–C–N with tert-alkyl or cyclic N) is 1. The van der Waals surface area contributed by atoms with Gasteiger partial charge in [-0.05, 0) is 12.1 Å². The third-order valence-corrected chi connectivity index (χ3v) is 3.45. The Labute approximate surface area is 119 Å². The summed E-state index contributed by atoms with van der Waals surface area (Å²) in [5.74, 6) is -0.0237. The predicted molar refractivity (Wildman–Crippen MR) is 70.3 cm³/mol. The lowest BCUT2D eigenvalue weighted by Crippen LogP contribution is -2.43. The third kappa shape index (κ3) is 2.57. The number of benzene rings is 1. The van der Waals surface area contributed by atoms with E-state index in [1.54, 1.807) is 18.2 Å². The Bertz CT molecular complexity index is 590. The number of carbonyl (C=O) groups excluding carboxylic acids is 1. The van der Waals surface area contributed by atoms with Crippen molar-refractivity contribution in [2.45, 2.75) is 18.6 Å². The van der Waals surface area contributed by atoms with Crippen molar-refractivity contribution in [3.63, 3.8) is 0 Å². The van der Waals surface area contributed by atoms with Gasteiger partial charge in [-0.25, -0.2) is 9.59 Å². The number of urea groups is 1. The van der Waals surface area contributed by atoms with Gasteiger partial charge in [0.15, 0.2) is 11.5 Å². The lowest BCUT2D eigenvalue weighted by Gasteiger charge is -2.21. The molecule has 0 aliphatic carbocycles. The molecule has 8 heteroatoms. The number of carboxylic acids is 1. The molecule has 3 N–H and O–H groups in total. The van der Waals surface area contributed by atoms with Gasteiger partial charge in [-0.2, -0.15) is 0 Å². The molecule has 2 amide bonds. The highest BCUT2D eigenvalue weighted by atomic mass is 16.7. The van der Waals surface area contributed by atoms with Crippen molar-refractivity contribution in [2.75, 3.05) is 18.7 Å². The molecule has 0 bridgehead atoms. The fourth-order valence-corrected chi connectivity index (χ4v) is 2.44. The molecule has 8 nitrogen and oxygen atoms in total. The minimum Gasteiger partial charge on any atom is -0.480 e. The van der Waals surface area contributed by atoms with Crippen LogP contribution >= 0.6 is 0 Å². The molecule has 1 aromatic rings. The number of fused-ring (bicyclic) bond motifs is 1. The van der Waals surface area contributed by atoms with Gasteiger partial charge >= 0.3 is 12.0 Å². The average Bonchev–Trinajstić information content (AvgIpc) is 3.04. The van der Waals surface area contributed by atoms with Gasteiger partial charge in [-0.1, -0.05) is 0 Å². The number of aliphatic hydroxyl groups is 1. The van der Waals surface area contributed by atoms with Crippen LogP contribution in [0.2, 0.25) is 0 Å². The van der Waals surface area contributed by atoms with Gasteiger partial charge in [0.25, 0.3) is 0 Å². The zero-order chi connectivity index (χ0) is 15.0. The maximum Gasteiger partial charge on any atom is 0.326 e. The maximum atomic E-state index is 12.1. The molecular formula is C13H14N2O6. The summed E-state index contributed by atoms with van der Waals surface area (Å²) in [4.78, 5) is 24.4. The molecule has 3 rings (SSSR count). The topological polar surface area (TPSA) is 108 Å². The molecule has 2 atom stereocenters. The van der Waals surface area contributed by atoms with Gasteiger partial charge in [0.1, 0.15) is 6.04 Å². The second kappa shape index (κ2) is 5.13. The molecule has 112 valence electrons. The number of nitrogens with one attached hydrogen (secondary N) is 1. The van der Waals surface area contributed by atoms with Crippen LogP contribution < -0.4 is 14.8 Å². The molecule has 0 spiro atoms. The van der Waals surface area contributed by atoms with Crippen molar-refractivity contribution in [3.05, 3.63) is 18.2 Å². The molecule has 0 saturated carbocycles. The molecule has 0 radical (unpaired) electrons. The Morgan fingerprint density at radius 3 is 2.81 bits per heavy atom. The Kier molecular flexibility index (Phi) is 3.30. The van der Waals surface area contributed by atoms with E-state index in [0.29, 0.717) is 17.2 Å². The van der Waals surface area contributed by atoms with E-state index < -0.39 is 24.1 Å². The van der Waals surface area contributed by atoms with Gasteiger partial charge in [-0.3, -0.25) is 0 Å². The first-order valence-corrected chi connectivity index (χ1v) is 6.43. The quantitative estimate of drug-likeness (QED) is 0.731. The Balaban J connectivity index is 1.72. The van der Waals surface area contributed by atoms with Gasteiger partial charge in [0, 0.05) is 24.7 Å². The SMILES string of the molecule is O=C(O)[C@@H]1CC(O)CN1C(=O)Nc1ccc2c(c1)OCO2. The van der Waals surface area contributed by atoms with Crippen LogP contribution in [-0.2, 0) is 4.79 Å². The smallest absolute Gasteiger partial charge is 0.326 e. The number of ether oxygens (including phenoxy) is 2. The summed E-state index contributed by atoms with van der Waals surface area (Å²) in [5, 5.41) is 21.2. The number of anilines is 1. The highest BCUT2D eigenvalue weighted by Gasteiger charge is 2.39. The van der Waals surface area contributed by atoms with Crippen molar-refractivity contribution in [2.24, 2.45) is 0 Å². The highest BCUT2D eigenvalue weighted by Crippen LogP contribution is 2.34. The Hall–Kier alpha value is -2.48. The minimum atomic E-state index is -1.13. The first-order chi connectivity index (χ1) is 10.0. The fraction of sp³-hybridized carbons (Fsp3) is 0.385. The number of rotatable bonds is 2. The first kappa shape index (κ1) is 13.5. The van der Waals surface area contributed by atoms with Crippen LogP contribution in [0.25, 0.3) is 0 Å². The van der Waals surface area contributed by atoms with E-state index in [1.165, 1.54) is 0 Å². The molecule has 1 saturated heterocycles. The van der Waals surface area contributed by atoms with Crippen LogP contribution in [0.3, 0.4) is 0 Å². The zero-order valence-electron chi connectivity index (χ0n) is 11.0. The lowest BCUT2D eigenvalue weighted by molar-refractivity contribution is -0.141. The minimum absolute atomic E-state index is 0.00660. The number of nitrogens with zero attached hydrogens (tertiary/aromatic N) is 1. The van der Waals surface area contributed by atoms with Gasteiger partial charge in [0.2, 0.25) is 6.79 Å². The summed E-state index contributed by atoms with van der Waals surface area (Å²) in [6, 6.07) is 3.30. The highest BCUT2D eigenvalue weighted by molar-refractivity contribution is 5.93. The predicted octanol–water partition coefficient (Wildman–Crippen LogP) is 0.467. The molecule has 1 fully saturated rings. The monoisotopic (exact) mass is 294 g/mol. The van der Waals surface area contributed by atoms with Crippen LogP contribution in [-0.4, -0.2) is 52.6 Å². The molecule has 21 heavy (non-hydrogen) atoms. The first-order valence-electron chi connectivity index (χ1n) is 6.43. The van der Waals surface area contributed by atoms with E-state index in [4.69, 9.17) is 14.6 Å². The van der Waals surface area contributed by atoms with Crippen molar-refractivity contribution in [3.8, 4) is 11.5 Å². The number of aliphatic carboxylic acids is 1. The van der Waals surface area contributed by atoms with Crippen molar-refractivity contribution in [1.29, 1.82) is 0 Å². The molecular weight excluding hydrogens is 280 g/mol. The normalized spacial score (nSPS) is 23.2. The molecule has 2 aliphatic heterocycles. The summed E-state index contributed by atoms with van der Waals surface area (Å²) in [6.45, 7) is 0.124. The number of amides is 2. The second-order valence-corrected chi connectivity index (χ2v) is 4.89. The van der Waals surface area contributed by atoms with Gasteiger partial charge in [0.05, 0.1) is 6.10 Å². The van der Waals surface area contributed by atoms with E-state index in [1.807, 2.05) is 0 Å². The Morgan fingerprint density at radius 2 is 2.05 bits per heavy atom. The number of carbonyl (C=O) groups is 2. The van der Waals surface area contributed by atoms with Crippen molar-refractivity contribution >= 4 is 17.7 Å². The van der Waals surface area contributed by atoms with Crippen LogP contribution in [0, 0.1) is 0 Å². The fourth-order valence-electron chi connectivity index (χ4n) is 2.44. The van der Waals surface area contributed by atoms with E-state index in [9.17, 15) is 14.7 Å².